The molecule has 4 heterocycles. The predicted molar refractivity (Wildman–Crippen MR) is 268 cm³/mol. The lowest BCUT2D eigenvalue weighted by Gasteiger charge is -2.61. The molecule has 0 aromatic carbocycles. The van der Waals surface area contributed by atoms with Crippen LogP contribution in [0.25, 0.3) is 0 Å². The van der Waals surface area contributed by atoms with E-state index in [1.54, 1.807) is 6.92 Å². The molecule has 4 aliphatic carbocycles. The van der Waals surface area contributed by atoms with Gasteiger partial charge in [-0.3, -0.25) is 0 Å². The van der Waals surface area contributed by atoms with Crippen molar-refractivity contribution in [3.8, 4) is 0 Å². The zero-order valence-electron chi connectivity index (χ0n) is 45.9. The number of ether oxygens (including phenoxy) is 10. The van der Waals surface area contributed by atoms with Gasteiger partial charge in [0.15, 0.2) is 25.2 Å². The van der Waals surface area contributed by atoms with Gasteiger partial charge in [-0.05, 0) is 117 Å². The number of fused-ring (bicyclic) bond motifs is 5. The molecular weight excluding hydrogens is 1030 g/mol. The summed E-state index contributed by atoms with van der Waals surface area (Å²) in [5.41, 5.74) is -0.504. The van der Waals surface area contributed by atoms with Crippen LogP contribution in [-0.2, 0) is 47.4 Å². The molecule has 0 radical (unpaired) electrons. The molecule has 4 aliphatic heterocycles. The Hall–Kier alpha value is -0.960. The van der Waals surface area contributed by atoms with Gasteiger partial charge in [-0.2, -0.15) is 0 Å². The predicted octanol–water partition coefficient (Wildman–Crippen LogP) is -2.62. The molecule has 4 saturated heterocycles. The summed E-state index contributed by atoms with van der Waals surface area (Å²) in [4.78, 5) is 0. The van der Waals surface area contributed by atoms with Gasteiger partial charge in [0.2, 0.25) is 0 Å². The highest BCUT2D eigenvalue weighted by Crippen LogP contribution is 2.68. The lowest BCUT2D eigenvalue weighted by molar-refractivity contribution is -0.365. The van der Waals surface area contributed by atoms with Gasteiger partial charge >= 0.3 is 0 Å². The van der Waals surface area contributed by atoms with Crippen molar-refractivity contribution in [1.29, 1.82) is 0 Å². The van der Waals surface area contributed by atoms with E-state index >= 15 is 0 Å². The largest absolute Gasteiger partial charge is 0.394 e. The maximum atomic E-state index is 11.3. The maximum Gasteiger partial charge on any atom is 0.187 e. The van der Waals surface area contributed by atoms with Gasteiger partial charge in [-0.25, -0.2) is 0 Å². The molecule has 8 aliphatic rings. The Kier molecular flexibility index (Phi) is 21.5. The molecule has 0 spiro atoms. The first-order valence-electron chi connectivity index (χ1n) is 28.6. The fourth-order valence-corrected chi connectivity index (χ4v) is 15.5. The van der Waals surface area contributed by atoms with E-state index in [1.807, 2.05) is 7.11 Å². The molecule has 0 amide bonds. The van der Waals surface area contributed by atoms with E-state index in [0.29, 0.717) is 30.0 Å². The van der Waals surface area contributed by atoms with Crippen LogP contribution < -0.4 is 0 Å². The van der Waals surface area contributed by atoms with Crippen LogP contribution in [0.3, 0.4) is 0 Å². The van der Waals surface area contributed by atoms with Crippen molar-refractivity contribution in [3.63, 3.8) is 0 Å². The van der Waals surface area contributed by atoms with Crippen molar-refractivity contribution >= 4 is 0 Å². The SMILES string of the molecule is CO[C@@H]1CC[C@@]2(C)[C@H](CC[C@@H]3[C@@H]2CC[C@]2(C)[C@@H]([C@H](C)CCCOCC(C)(CO[C@@H]4OC(CO)C(O[C@@H]5OC(CO)[C@@H](O)[C@H](O)C5O)[C@H](O)C4O)CO[C@@H]4OC(CO)[C@@H](O[C@H]5OC(CO)[C@@H](O)[C@H](O)C5O)[C@H](O)C4O)CC[C@@H]32)C1. The molecule has 0 aromatic rings. The second-order valence-corrected chi connectivity index (χ2v) is 25.1. The van der Waals surface area contributed by atoms with Crippen LogP contribution in [0.5, 0.6) is 0 Å². The van der Waals surface area contributed by atoms with Crippen LogP contribution in [0, 0.1) is 51.8 Å². The van der Waals surface area contributed by atoms with Crippen LogP contribution in [0.4, 0.5) is 0 Å². The van der Waals surface area contributed by atoms with Crippen molar-refractivity contribution in [2.24, 2.45) is 51.8 Å². The highest BCUT2D eigenvalue weighted by atomic mass is 16.8. The third kappa shape index (κ3) is 12.7. The van der Waals surface area contributed by atoms with Gasteiger partial charge in [-0.15, -0.1) is 0 Å². The van der Waals surface area contributed by atoms with Crippen molar-refractivity contribution in [2.75, 3.05) is 60.0 Å². The average Bonchev–Trinajstić information content (AvgIpc) is 3.98. The summed E-state index contributed by atoms with van der Waals surface area (Å²) in [6.45, 7) is 5.81. The Morgan fingerprint density at radius 1 is 0.526 bits per heavy atom. The van der Waals surface area contributed by atoms with E-state index in [0.717, 1.165) is 42.9 Å². The van der Waals surface area contributed by atoms with Crippen LogP contribution in [0.1, 0.15) is 98.3 Å². The van der Waals surface area contributed by atoms with Crippen molar-refractivity contribution in [2.45, 2.75) is 227 Å². The molecular formula is C54H94O24. The van der Waals surface area contributed by atoms with Crippen LogP contribution in [0.15, 0.2) is 0 Å². The first-order chi connectivity index (χ1) is 37.1. The standard InChI is InChI=1S/C54H94O24/c1-25(29-10-11-30-28-9-8-26-17-27(69-5)12-14-53(26,3)31(28)13-15-54(29,30)4)7-6-16-70-22-52(2,23-71-48-44(67)40(63)46(34(20-57)75-48)77-50-42(65)38(61)36(59)32(18-55)73-50)24-72-49-45(68)41(64)47(35(21-58)76-49)78-51-43(66)39(62)37(60)33(19-56)74-51/h25-51,55-68H,6-24H2,1-5H3/t25-,26-,27-,28+,29-,30+,31+,32?,33?,34?,35?,36-,37-,38+,39+,40-,41-,42?,43?,44?,45?,46-,47?,48-,49-,50-,51+,52?,53+,54-/m1/s1. The quantitative estimate of drug-likeness (QED) is 0.0494. The third-order valence-corrected chi connectivity index (χ3v) is 20.2. The van der Waals surface area contributed by atoms with Gasteiger partial charge in [0.05, 0.1) is 52.4 Å². The second-order valence-electron chi connectivity index (χ2n) is 25.1. The molecule has 10 unspecified atom stereocenters. The van der Waals surface area contributed by atoms with Gasteiger partial charge in [0.25, 0.3) is 0 Å². The van der Waals surface area contributed by atoms with Gasteiger partial charge < -0.3 is 119 Å². The van der Waals surface area contributed by atoms with Gasteiger partial charge in [0.1, 0.15) is 97.7 Å². The number of hydrogen-bond acceptors (Lipinski definition) is 24. The fourth-order valence-electron chi connectivity index (χ4n) is 15.5. The summed E-state index contributed by atoms with van der Waals surface area (Å²) in [6, 6.07) is 0. The summed E-state index contributed by atoms with van der Waals surface area (Å²) in [6.07, 6.45) is -20.2. The number of rotatable bonds is 22. The van der Waals surface area contributed by atoms with E-state index in [1.165, 1.54) is 51.4 Å². The Morgan fingerprint density at radius 3 is 1.50 bits per heavy atom. The monoisotopic (exact) mass is 1130 g/mol. The highest BCUT2D eigenvalue weighted by Gasteiger charge is 2.61. The van der Waals surface area contributed by atoms with Gasteiger partial charge in [-0.1, -0.05) is 27.7 Å². The highest BCUT2D eigenvalue weighted by molar-refractivity contribution is 5.10. The van der Waals surface area contributed by atoms with E-state index in [4.69, 9.17) is 47.4 Å². The van der Waals surface area contributed by atoms with Crippen molar-refractivity contribution < 1.29 is 119 Å². The van der Waals surface area contributed by atoms with Crippen molar-refractivity contribution in [1.82, 2.24) is 0 Å². The lowest BCUT2D eigenvalue weighted by atomic mass is 9.44. The van der Waals surface area contributed by atoms with Crippen LogP contribution >= 0.6 is 0 Å². The molecule has 0 bridgehead atoms. The van der Waals surface area contributed by atoms with E-state index < -0.39 is 155 Å². The minimum Gasteiger partial charge on any atom is -0.394 e. The number of aliphatic hydroxyl groups is 14. The zero-order chi connectivity index (χ0) is 56.6. The van der Waals surface area contributed by atoms with Gasteiger partial charge in [0, 0.05) is 19.1 Å². The summed E-state index contributed by atoms with van der Waals surface area (Å²) < 4.78 is 58.5. The summed E-state index contributed by atoms with van der Waals surface area (Å²) in [5.74, 6) is 4.04. The fraction of sp³-hybridized carbons (Fsp3) is 1.00. The van der Waals surface area contributed by atoms with Crippen LogP contribution in [-0.4, -0.2) is 260 Å². The number of aliphatic hydroxyl groups excluding tert-OH is 14. The van der Waals surface area contributed by atoms with E-state index in [2.05, 4.69) is 20.8 Å². The zero-order valence-corrected chi connectivity index (χ0v) is 45.9. The Morgan fingerprint density at radius 2 is 1.00 bits per heavy atom. The first kappa shape index (κ1) is 63.1. The summed E-state index contributed by atoms with van der Waals surface area (Å²) in [5, 5.41) is 148. The number of methoxy groups -OCH3 is 1. The number of hydrogen-bond donors (Lipinski definition) is 14. The molecule has 4 saturated carbocycles. The maximum absolute atomic E-state index is 11.3. The van der Waals surface area contributed by atoms with Crippen LogP contribution in [0.2, 0.25) is 0 Å². The molecule has 24 heteroatoms. The normalized spacial score (nSPS) is 50.0. The Labute approximate surface area is 456 Å². The molecule has 30 atom stereocenters. The molecule has 8 rings (SSSR count). The lowest BCUT2D eigenvalue weighted by Crippen LogP contribution is -2.65. The Balaban J connectivity index is 0.898. The molecule has 78 heavy (non-hydrogen) atoms. The first-order valence-corrected chi connectivity index (χ1v) is 28.6. The minimum absolute atomic E-state index is 0.0339. The topological polar surface area (TPSA) is 376 Å². The molecule has 454 valence electrons. The molecule has 8 fully saturated rings. The summed E-state index contributed by atoms with van der Waals surface area (Å²) >= 11 is 0. The smallest absolute Gasteiger partial charge is 0.187 e. The average molecular weight is 1130 g/mol. The third-order valence-electron chi connectivity index (χ3n) is 20.2. The van der Waals surface area contributed by atoms with E-state index in [9.17, 15) is 71.5 Å². The van der Waals surface area contributed by atoms with E-state index in [-0.39, 0.29) is 25.2 Å². The minimum atomic E-state index is -1.86. The molecule has 0 aromatic heterocycles. The second kappa shape index (κ2) is 26.5. The Bertz CT molecular complexity index is 1780. The summed E-state index contributed by atoms with van der Waals surface area (Å²) in [7, 11) is 1.86. The molecule has 24 nitrogen and oxygen atoms in total. The van der Waals surface area contributed by atoms with Crippen molar-refractivity contribution in [3.05, 3.63) is 0 Å². The molecule has 14 N–H and O–H groups in total.